The largest absolute Gasteiger partial charge is 0.497 e. The fourth-order valence-electron chi connectivity index (χ4n) is 3.55. The quantitative estimate of drug-likeness (QED) is 0.193. The second-order valence-electron chi connectivity index (χ2n) is 8.11. The number of anilines is 3. The Morgan fingerprint density at radius 3 is 2.56 bits per heavy atom. The molecule has 2 aromatic heterocycles. The first-order valence-corrected chi connectivity index (χ1v) is 13.5. The molecule has 0 saturated carbocycles. The number of aliphatic hydroxyl groups excluding tert-OH is 2. The number of aliphatic hydroxyl groups is 2. The van der Waals surface area contributed by atoms with Gasteiger partial charge in [0, 0.05) is 28.5 Å². The van der Waals surface area contributed by atoms with E-state index in [1.807, 2.05) is 29.6 Å². The number of nitrogen functional groups attached to an aromatic ring is 1. The molecule has 4 rings (SSSR count). The number of thiazole rings is 1. The van der Waals surface area contributed by atoms with Gasteiger partial charge in [-0.2, -0.15) is 10.5 Å². The Morgan fingerprint density at radius 2 is 1.87 bits per heavy atom. The zero-order valence-electron chi connectivity index (χ0n) is 20.8. The summed E-state index contributed by atoms with van der Waals surface area (Å²) in [6.45, 7) is -0.480. The highest BCUT2D eigenvalue weighted by molar-refractivity contribution is 7.98. The van der Waals surface area contributed by atoms with Gasteiger partial charge < -0.3 is 30.7 Å². The van der Waals surface area contributed by atoms with E-state index in [1.165, 1.54) is 23.1 Å². The zero-order valence-corrected chi connectivity index (χ0v) is 22.4. The second kappa shape index (κ2) is 13.0. The first-order chi connectivity index (χ1) is 18.9. The number of hydrogen-bond donors (Lipinski definition) is 4. The van der Waals surface area contributed by atoms with Crippen LogP contribution in [0.5, 0.6) is 11.5 Å². The van der Waals surface area contributed by atoms with Crippen LogP contribution in [0.15, 0.2) is 58.9 Å². The molecular weight excluding hydrogens is 536 g/mol. The summed E-state index contributed by atoms with van der Waals surface area (Å²) >= 11 is 2.76. The molecule has 0 radical (unpaired) electrons. The molecular formula is C27H24N6O4S2. The van der Waals surface area contributed by atoms with E-state index in [4.69, 9.17) is 20.3 Å². The number of thioether (sulfide) groups is 1. The predicted octanol–water partition coefficient (Wildman–Crippen LogP) is 4.31. The maximum absolute atomic E-state index is 10.0. The maximum Gasteiger partial charge on any atom is 0.187 e. The highest BCUT2D eigenvalue weighted by Crippen LogP contribution is 2.37. The molecule has 0 saturated heterocycles. The molecule has 2 heterocycles. The van der Waals surface area contributed by atoms with Gasteiger partial charge in [0.2, 0.25) is 0 Å². The summed E-state index contributed by atoms with van der Waals surface area (Å²) in [6.07, 6.45) is -0.994. The average molecular weight is 561 g/mol. The Morgan fingerprint density at radius 1 is 1.10 bits per heavy atom. The van der Waals surface area contributed by atoms with Crippen molar-refractivity contribution in [2.75, 3.05) is 31.4 Å². The van der Waals surface area contributed by atoms with Crippen LogP contribution in [-0.2, 0) is 5.75 Å². The summed E-state index contributed by atoms with van der Waals surface area (Å²) < 4.78 is 10.7. The number of rotatable bonds is 11. The monoisotopic (exact) mass is 560 g/mol. The van der Waals surface area contributed by atoms with Crippen molar-refractivity contribution in [3.63, 3.8) is 0 Å². The van der Waals surface area contributed by atoms with E-state index in [2.05, 4.69) is 27.4 Å². The Labute approximate surface area is 233 Å². The van der Waals surface area contributed by atoms with Gasteiger partial charge in [-0.15, -0.1) is 11.3 Å². The molecule has 2 aromatic carbocycles. The van der Waals surface area contributed by atoms with Crippen molar-refractivity contribution in [3.8, 4) is 34.8 Å². The second-order valence-corrected chi connectivity index (χ2v) is 9.93. The van der Waals surface area contributed by atoms with Crippen molar-refractivity contribution in [2.24, 2.45) is 0 Å². The van der Waals surface area contributed by atoms with Gasteiger partial charge in [0.25, 0.3) is 0 Å². The Kier molecular flexibility index (Phi) is 9.20. The molecule has 0 spiro atoms. The van der Waals surface area contributed by atoms with Crippen molar-refractivity contribution >= 4 is 39.7 Å². The number of nitriles is 2. The number of nitrogens with two attached hydrogens (primary N) is 1. The average Bonchev–Trinajstić information content (AvgIpc) is 3.41. The first-order valence-electron chi connectivity index (χ1n) is 11.6. The number of ether oxygens (including phenoxy) is 2. The van der Waals surface area contributed by atoms with E-state index in [0.29, 0.717) is 32.8 Å². The highest BCUT2D eigenvalue weighted by atomic mass is 32.2. The van der Waals surface area contributed by atoms with Gasteiger partial charge in [-0.1, -0.05) is 30.0 Å². The third-order valence-corrected chi connectivity index (χ3v) is 7.26. The van der Waals surface area contributed by atoms with Crippen molar-refractivity contribution in [1.82, 2.24) is 9.97 Å². The Bertz CT molecular complexity index is 1530. The lowest BCUT2D eigenvalue weighted by Crippen LogP contribution is -2.21. The lowest BCUT2D eigenvalue weighted by atomic mass is 9.97. The number of nitrogens with zero attached hydrogens (tertiary/aromatic N) is 4. The molecule has 10 nitrogen and oxygen atoms in total. The van der Waals surface area contributed by atoms with Crippen LogP contribution in [0.25, 0.3) is 11.1 Å². The molecule has 0 bridgehead atoms. The van der Waals surface area contributed by atoms with Gasteiger partial charge in [0.05, 0.1) is 25.0 Å². The van der Waals surface area contributed by atoms with E-state index >= 15 is 0 Å². The van der Waals surface area contributed by atoms with Crippen molar-refractivity contribution in [1.29, 1.82) is 10.5 Å². The van der Waals surface area contributed by atoms with Gasteiger partial charge in [-0.3, -0.25) is 0 Å². The molecule has 198 valence electrons. The molecule has 0 amide bonds. The van der Waals surface area contributed by atoms with Crippen LogP contribution in [0.3, 0.4) is 0 Å². The summed E-state index contributed by atoms with van der Waals surface area (Å²) in [4.78, 5) is 8.97. The van der Waals surface area contributed by atoms with Crippen LogP contribution in [-0.4, -0.2) is 46.6 Å². The number of nitrogens with one attached hydrogen (secondary N) is 1. The van der Waals surface area contributed by atoms with Crippen LogP contribution in [0.1, 0.15) is 16.8 Å². The molecule has 0 aliphatic carbocycles. The third kappa shape index (κ3) is 6.76. The lowest BCUT2D eigenvalue weighted by Gasteiger charge is -2.14. The Hall–Kier alpha value is -4.33. The summed E-state index contributed by atoms with van der Waals surface area (Å²) in [7, 11) is 1.61. The summed E-state index contributed by atoms with van der Waals surface area (Å²) in [6, 6.07) is 18.5. The van der Waals surface area contributed by atoms with Gasteiger partial charge in [0.15, 0.2) is 5.13 Å². The van der Waals surface area contributed by atoms with E-state index in [1.54, 1.807) is 31.4 Å². The van der Waals surface area contributed by atoms with Crippen molar-refractivity contribution < 1.29 is 19.7 Å². The predicted molar refractivity (Wildman–Crippen MR) is 150 cm³/mol. The Balaban J connectivity index is 1.55. The molecule has 0 aliphatic rings. The standard InChI is InChI=1S/C27H24N6O4S2/c1-36-21-4-2-3-17(9-21)31-27-32-18(15-39-27)14-38-26-23(11-29)24(22(10-28)25(30)33-26)16-5-7-20(8-6-16)37-13-19(35)12-34/h2-9,15,19,34-35H,12-14H2,1H3,(H2,30,33)(H,31,32)/t19-/m0/s1. The number of hydrogen-bond acceptors (Lipinski definition) is 12. The molecule has 39 heavy (non-hydrogen) atoms. The summed E-state index contributed by atoms with van der Waals surface area (Å²) in [5, 5.41) is 44.5. The van der Waals surface area contributed by atoms with Gasteiger partial charge in [0.1, 0.15) is 52.8 Å². The van der Waals surface area contributed by atoms with Gasteiger partial charge in [-0.05, 0) is 29.8 Å². The summed E-state index contributed by atoms with van der Waals surface area (Å²) in [5.74, 6) is 1.66. The minimum atomic E-state index is -0.994. The maximum atomic E-state index is 10.0. The normalized spacial score (nSPS) is 11.3. The minimum absolute atomic E-state index is 0.0269. The SMILES string of the molecule is COc1cccc(Nc2nc(CSc3nc(N)c(C#N)c(-c4ccc(OC[C@@H](O)CO)cc4)c3C#N)cs2)c1. The van der Waals surface area contributed by atoms with Gasteiger partial charge >= 0.3 is 0 Å². The van der Waals surface area contributed by atoms with Crippen LogP contribution in [0.2, 0.25) is 0 Å². The molecule has 0 fully saturated rings. The number of benzene rings is 2. The molecule has 0 aliphatic heterocycles. The van der Waals surface area contributed by atoms with Crippen LogP contribution < -0.4 is 20.5 Å². The zero-order chi connectivity index (χ0) is 27.8. The fraction of sp³-hybridized carbons (Fsp3) is 0.185. The van der Waals surface area contributed by atoms with E-state index < -0.39 is 12.7 Å². The number of pyridine rings is 1. The number of aromatic nitrogens is 2. The topological polar surface area (TPSA) is 170 Å². The van der Waals surface area contributed by atoms with Crippen LogP contribution in [0, 0.1) is 22.7 Å². The lowest BCUT2D eigenvalue weighted by molar-refractivity contribution is 0.0536. The summed E-state index contributed by atoms with van der Waals surface area (Å²) in [5.41, 5.74) is 9.10. The molecule has 0 unspecified atom stereocenters. The molecule has 4 aromatic rings. The van der Waals surface area contributed by atoms with E-state index in [0.717, 1.165) is 17.1 Å². The highest BCUT2D eigenvalue weighted by Gasteiger charge is 2.21. The smallest absolute Gasteiger partial charge is 0.187 e. The molecule has 12 heteroatoms. The van der Waals surface area contributed by atoms with Crippen LogP contribution in [0.4, 0.5) is 16.6 Å². The van der Waals surface area contributed by atoms with E-state index in [9.17, 15) is 15.6 Å². The van der Waals surface area contributed by atoms with Crippen LogP contribution >= 0.6 is 23.1 Å². The number of methoxy groups -OCH3 is 1. The van der Waals surface area contributed by atoms with E-state index in [-0.39, 0.29) is 23.6 Å². The van der Waals surface area contributed by atoms with Crippen molar-refractivity contribution in [2.45, 2.75) is 16.9 Å². The van der Waals surface area contributed by atoms with Gasteiger partial charge in [-0.25, -0.2) is 9.97 Å². The minimum Gasteiger partial charge on any atom is -0.497 e. The molecule has 5 N–H and O–H groups in total. The fourth-order valence-corrected chi connectivity index (χ4v) is 5.27. The third-order valence-electron chi connectivity index (χ3n) is 5.44. The first kappa shape index (κ1) is 27.7. The molecule has 1 atom stereocenters. The van der Waals surface area contributed by atoms with Crippen molar-refractivity contribution in [3.05, 3.63) is 70.7 Å².